The quantitative estimate of drug-likeness (QED) is 0.254. The number of alkyl halides is 1. The average Bonchev–Trinajstić information content (AvgIpc) is 3.53. The number of anilines is 2. The van der Waals surface area contributed by atoms with Gasteiger partial charge in [-0.3, -0.25) is 14.4 Å². The van der Waals surface area contributed by atoms with Crippen LogP contribution in [0.4, 0.5) is 11.4 Å². The van der Waals surface area contributed by atoms with Crippen molar-refractivity contribution in [1.82, 2.24) is 4.90 Å². The standard InChI is InChI=1S/C31H38BrN3O6/c1-4-40-21-12-10-20(11-13-21)33-28(37)24-25-30(39)35(14-6-5-7-15-36)27(31(25)17-22(32)26(24)41-31)29(38)34-23-16-18(2)8-9-19(23)3/h8-13,16,22,24-27,36H,4-7,14-15,17H2,1-3H3,(H,33,37)(H,34,38)/t22?,24-,25-,26-,27?,31?/m0/s1. The van der Waals surface area contributed by atoms with Crippen LogP contribution in [0.1, 0.15) is 43.7 Å². The van der Waals surface area contributed by atoms with Crippen molar-refractivity contribution in [2.24, 2.45) is 11.8 Å². The number of aliphatic hydroxyl groups excluding tert-OH is 1. The molecule has 0 aromatic heterocycles. The highest BCUT2D eigenvalue weighted by Crippen LogP contribution is 2.60. The van der Waals surface area contributed by atoms with Crippen LogP contribution >= 0.6 is 15.9 Å². The Bertz CT molecular complexity index is 1300. The Labute approximate surface area is 249 Å². The lowest BCUT2D eigenvalue weighted by molar-refractivity contribution is -0.139. The molecule has 3 aliphatic rings. The van der Waals surface area contributed by atoms with Crippen molar-refractivity contribution >= 4 is 45.0 Å². The Balaban J connectivity index is 1.44. The first-order valence-corrected chi connectivity index (χ1v) is 15.3. The van der Waals surface area contributed by atoms with E-state index in [2.05, 4.69) is 26.6 Å². The summed E-state index contributed by atoms with van der Waals surface area (Å²) in [6.07, 6.45) is 1.87. The van der Waals surface area contributed by atoms with Crippen molar-refractivity contribution in [1.29, 1.82) is 0 Å². The van der Waals surface area contributed by atoms with E-state index < -0.39 is 29.6 Å². The van der Waals surface area contributed by atoms with Gasteiger partial charge in [0.05, 0.1) is 24.5 Å². The molecular weight excluding hydrogens is 590 g/mol. The summed E-state index contributed by atoms with van der Waals surface area (Å²) in [7, 11) is 0. The molecule has 10 heteroatoms. The number of carbonyl (C=O) groups is 3. The zero-order chi connectivity index (χ0) is 29.3. The molecule has 3 N–H and O–H groups in total. The minimum Gasteiger partial charge on any atom is -0.494 e. The number of halogens is 1. The minimum atomic E-state index is -1.13. The highest BCUT2D eigenvalue weighted by atomic mass is 79.9. The van der Waals surface area contributed by atoms with Gasteiger partial charge in [0, 0.05) is 29.4 Å². The summed E-state index contributed by atoms with van der Waals surface area (Å²) in [5.74, 6) is -1.69. The first kappa shape index (κ1) is 29.5. The van der Waals surface area contributed by atoms with Crippen LogP contribution in [0.3, 0.4) is 0 Å². The molecule has 3 fully saturated rings. The fraction of sp³-hybridized carbons (Fsp3) is 0.516. The number of rotatable bonds is 11. The third-order valence-electron chi connectivity index (χ3n) is 8.48. The molecule has 0 saturated carbocycles. The van der Waals surface area contributed by atoms with Crippen LogP contribution in [0.15, 0.2) is 42.5 Å². The fourth-order valence-electron chi connectivity index (χ4n) is 6.64. The number of fused-ring (bicyclic) bond motifs is 1. The second kappa shape index (κ2) is 12.1. The number of benzene rings is 2. The molecule has 1 spiro atoms. The van der Waals surface area contributed by atoms with E-state index in [-0.39, 0.29) is 29.2 Å². The summed E-state index contributed by atoms with van der Waals surface area (Å²) in [5.41, 5.74) is 2.08. The van der Waals surface area contributed by atoms with E-state index in [0.717, 1.165) is 17.5 Å². The zero-order valence-corrected chi connectivity index (χ0v) is 25.3. The van der Waals surface area contributed by atoms with Gasteiger partial charge in [-0.25, -0.2) is 0 Å². The van der Waals surface area contributed by atoms with Crippen LogP contribution < -0.4 is 15.4 Å². The number of hydrogen-bond donors (Lipinski definition) is 3. The molecule has 9 nitrogen and oxygen atoms in total. The van der Waals surface area contributed by atoms with Crippen molar-refractivity contribution in [2.45, 2.75) is 69.0 Å². The van der Waals surface area contributed by atoms with E-state index in [9.17, 15) is 19.5 Å². The lowest BCUT2D eigenvalue weighted by Gasteiger charge is -2.34. The third-order valence-corrected chi connectivity index (χ3v) is 9.33. The lowest BCUT2D eigenvalue weighted by atomic mass is 9.70. The number of aliphatic hydroxyl groups is 1. The van der Waals surface area contributed by atoms with Gasteiger partial charge in [-0.1, -0.05) is 28.1 Å². The summed E-state index contributed by atoms with van der Waals surface area (Å²) >= 11 is 3.71. The summed E-state index contributed by atoms with van der Waals surface area (Å²) < 4.78 is 12.1. The highest BCUT2D eigenvalue weighted by Gasteiger charge is 2.76. The predicted molar refractivity (Wildman–Crippen MR) is 159 cm³/mol. The topological polar surface area (TPSA) is 117 Å². The summed E-state index contributed by atoms with van der Waals surface area (Å²) in [5, 5.41) is 15.3. The molecule has 220 valence electrons. The Hall–Kier alpha value is -2.95. The molecule has 2 aromatic rings. The van der Waals surface area contributed by atoms with Crippen molar-refractivity contribution in [3.63, 3.8) is 0 Å². The summed E-state index contributed by atoms with van der Waals surface area (Å²) in [6.45, 7) is 6.75. The van der Waals surface area contributed by atoms with Gasteiger partial charge in [0.25, 0.3) is 0 Å². The van der Waals surface area contributed by atoms with Crippen molar-refractivity contribution < 1.29 is 29.0 Å². The number of likely N-dealkylation sites (tertiary alicyclic amines) is 1. The molecule has 3 amide bonds. The molecule has 2 aromatic carbocycles. The van der Waals surface area contributed by atoms with E-state index in [1.807, 2.05) is 39.0 Å². The molecular formula is C31H38BrN3O6. The number of nitrogens with zero attached hydrogens (tertiary/aromatic N) is 1. The van der Waals surface area contributed by atoms with E-state index in [4.69, 9.17) is 9.47 Å². The first-order valence-electron chi connectivity index (χ1n) is 14.3. The summed E-state index contributed by atoms with van der Waals surface area (Å²) in [6, 6.07) is 12.1. The smallest absolute Gasteiger partial charge is 0.250 e. The Morgan fingerprint density at radius 1 is 1.10 bits per heavy atom. The lowest BCUT2D eigenvalue weighted by Crippen LogP contribution is -2.54. The predicted octanol–water partition coefficient (Wildman–Crippen LogP) is 4.19. The number of unbranched alkanes of at least 4 members (excludes halogenated alkanes) is 2. The number of nitrogens with one attached hydrogen (secondary N) is 2. The van der Waals surface area contributed by atoms with Gasteiger partial charge < -0.3 is 30.1 Å². The largest absolute Gasteiger partial charge is 0.494 e. The molecule has 2 bridgehead atoms. The van der Waals surface area contributed by atoms with Gasteiger partial charge in [-0.05, 0) is 87.9 Å². The molecule has 3 saturated heterocycles. The van der Waals surface area contributed by atoms with Crippen molar-refractivity contribution in [3.8, 4) is 5.75 Å². The van der Waals surface area contributed by atoms with Crippen molar-refractivity contribution in [3.05, 3.63) is 53.6 Å². The van der Waals surface area contributed by atoms with E-state index in [1.54, 1.807) is 29.2 Å². The minimum absolute atomic E-state index is 0.0703. The molecule has 41 heavy (non-hydrogen) atoms. The molecule has 0 aliphatic carbocycles. The van der Waals surface area contributed by atoms with E-state index >= 15 is 0 Å². The van der Waals surface area contributed by atoms with Crippen LogP contribution in [0.25, 0.3) is 0 Å². The Kier molecular flexibility index (Phi) is 8.73. The highest BCUT2D eigenvalue weighted by molar-refractivity contribution is 9.09. The van der Waals surface area contributed by atoms with Gasteiger partial charge in [0.15, 0.2) is 0 Å². The number of hydrogen-bond acceptors (Lipinski definition) is 6. The monoisotopic (exact) mass is 627 g/mol. The fourth-order valence-corrected chi connectivity index (χ4v) is 7.58. The maximum absolute atomic E-state index is 14.1. The third kappa shape index (κ3) is 5.49. The van der Waals surface area contributed by atoms with E-state index in [1.165, 1.54) is 0 Å². The molecule has 3 unspecified atom stereocenters. The molecule has 6 atom stereocenters. The first-order chi connectivity index (χ1) is 19.7. The Morgan fingerprint density at radius 3 is 2.56 bits per heavy atom. The Morgan fingerprint density at radius 2 is 1.85 bits per heavy atom. The number of amides is 3. The van der Waals surface area contributed by atoms with Gasteiger partial charge in [-0.2, -0.15) is 0 Å². The molecule has 3 aliphatic heterocycles. The van der Waals surface area contributed by atoms with Crippen molar-refractivity contribution in [2.75, 3.05) is 30.4 Å². The van der Waals surface area contributed by atoms with Crippen LogP contribution in [-0.2, 0) is 19.1 Å². The second-order valence-corrected chi connectivity index (χ2v) is 12.4. The maximum Gasteiger partial charge on any atom is 0.250 e. The molecule has 5 rings (SSSR count). The van der Waals surface area contributed by atoms with Crippen LogP contribution in [0, 0.1) is 25.7 Å². The zero-order valence-electron chi connectivity index (χ0n) is 23.7. The van der Waals surface area contributed by atoms with Crippen LogP contribution in [0.5, 0.6) is 5.75 Å². The average molecular weight is 629 g/mol. The van der Waals surface area contributed by atoms with Crippen LogP contribution in [-0.4, -0.2) is 70.1 Å². The SMILES string of the molecule is CCOc1ccc(NC(=O)[C@H]2[C@H]3C(=O)N(CCCCCO)C(C(=O)Nc4cc(C)ccc4C)C34CC(Br)[C@@H]2O4)cc1. The molecule has 0 radical (unpaired) electrons. The number of carbonyl (C=O) groups excluding carboxylic acids is 3. The molecule has 3 heterocycles. The number of aryl methyl sites for hydroxylation is 2. The number of ether oxygens (including phenoxy) is 2. The van der Waals surface area contributed by atoms with Crippen LogP contribution in [0.2, 0.25) is 0 Å². The van der Waals surface area contributed by atoms with Gasteiger partial charge >= 0.3 is 0 Å². The second-order valence-electron chi connectivity index (χ2n) is 11.2. The van der Waals surface area contributed by atoms with Gasteiger partial charge in [-0.15, -0.1) is 0 Å². The normalized spacial score (nSPS) is 28.1. The van der Waals surface area contributed by atoms with Gasteiger partial charge in [0.2, 0.25) is 17.7 Å². The maximum atomic E-state index is 14.1. The van der Waals surface area contributed by atoms with Gasteiger partial charge in [0.1, 0.15) is 17.4 Å². The van der Waals surface area contributed by atoms with E-state index in [0.29, 0.717) is 49.5 Å². The summed E-state index contributed by atoms with van der Waals surface area (Å²) in [4.78, 5) is 43.4.